The second kappa shape index (κ2) is 8.12. The third-order valence-corrected chi connectivity index (χ3v) is 3.83. The highest BCUT2D eigenvalue weighted by atomic mass is 79.9. The lowest BCUT2D eigenvalue weighted by molar-refractivity contribution is 0.0951. The summed E-state index contributed by atoms with van der Waals surface area (Å²) in [7, 11) is 0. The zero-order valence-corrected chi connectivity index (χ0v) is 15.4. The van der Waals surface area contributed by atoms with Gasteiger partial charge in [0.1, 0.15) is 11.5 Å². The van der Waals surface area contributed by atoms with Crippen LogP contribution in [-0.2, 0) is 0 Å². The lowest BCUT2D eigenvalue weighted by Gasteiger charge is -2.09. The number of carbonyl (C=O) groups is 1. The number of rotatable bonds is 5. The summed E-state index contributed by atoms with van der Waals surface area (Å²) in [5, 5.41) is 13.6. The molecule has 0 saturated carbocycles. The van der Waals surface area contributed by atoms with Gasteiger partial charge < -0.3 is 9.84 Å². The monoisotopic (exact) mass is 440 g/mol. The lowest BCUT2D eigenvalue weighted by atomic mass is 10.2. The molecule has 0 radical (unpaired) electrons. The summed E-state index contributed by atoms with van der Waals surface area (Å²) >= 11 is 6.63. The molecule has 0 saturated heterocycles. The van der Waals surface area contributed by atoms with Gasteiger partial charge in [-0.2, -0.15) is 5.10 Å². The Bertz CT molecular complexity index is 748. The molecular weight excluding hydrogens is 428 g/mol. The van der Waals surface area contributed by atoms with Crippen LogP contribution in [0, 0.1) is 0 Å². The zero-order chi connectivity index (χ0) is 16.8. The predicted octanol–water partition coefficient (Wildman–Crippen LogP) is 4.08. The maximum atomic E-state index is 12.2. The number of ether oxygens (including phenoxy) is 1. The molecule has 7 heteroatoms. The topological polar surface area (TPSA) is 70.9 Å². The molecule has 0 aliphatic heterocycles. The summed E-state index contributed by atoms with van der Waals surface area (Å²) < 4.78 is 7.00. The number of benzene rings is 2. The summed E-state index contributed by atoms with van der Waals surface area (Å²) in [4.78, 5) is 12.2. The van der Waals surface area contributed by atoms with E-state index >= 15 is 0 Å². The maximum Gasteiger partial charge on any atom is 0.275 e. The molecule has 0 unspecified atom stereocenters. The van der Waals surface area contributed by atoms with Gasteiger partial charge in [0.15, 0.2) is 0 Å². The third-order valence-electron chi connectivity index (χ3n) is 2.85. The molecule has 5 nitrogen and oxygen atoms in total. The first kappa shape index (κ1) is 17.5. The van der Waals surface area contributed by atoms with E-state index in [1.807, 2.05) is 6.92 Å². The Labute approximate surface area is 150 Å². The van der Waals surface area contributed by atoms with Crippen molar-refractivity contribution in [3.8, 4) is 11.5 Å². The van der Waals surface area contributed by atoms with E-state index in [2.05, 4.69) is 42.4 Å². The molecule has 0 heterocycles. The van der Waals surface area contributed by atoms with Gasteiger partial charge in [-0.25, -0.2) is 5.43 Å². The van der Waals surface area contributed by atoms with E-state index < -0.39 is 5.91 Å². The van der Waals surface area contributed by atoms with Crippen LogP contribution in [0.4, 0.5) is 0 Å². The Kier molecular flexibility index (Phi) is 6.18. The fourth-order valence-corrected chi connectivity index (χ4v) is 2.55. The fourth-order valence-electron chi connectivity index (χ4n) is 1.81. The van der Waals surface area contributed by atoms with Crippen LogP contribution in [0.25, 0.3) is 0 Å². The number of nitrogens with one attached hydrogen (secondary N) is 1. The lowest BCUT2D eigenvalue weighted by Crippen LogP contribution is -2.18. The van der Waals surface area contributed by atoms with Crippen LogP contribution in [0.3, 0.4) is 0 Å². The largest absolute Gasteiger partial charge is 0.507 e. The molecule has 2 aromatic carbocycles. The van der Waals surface area contributed by atoms with Crippen LogP contribution >= 0.6 is 31.9 Å². The highest BCUT2D eigenvalue weighted by Gasteiger charge is 2.12. The normalized spacial score (nSPS) is 10.7. The maximum absolute atomic E-state index is 12.2. The molecule has 2 aromatic rings. The summed E-state index contributed by atoms with van der Waals surface area (Å²) in [6.07, 6.45) is 1.37. The highest BCUT2D eigenvalue weighted by molar-refractivity contribution is 9.10. The van der Waals surface area contributed by atoms with Crippen molar-refractivity contribution in [1.82, 2.24) is 5.43 Å². The number of phenols is 1. The molecule has 0 spiro atoms. The van der Waals surface area contributed by atoms with Gasteiger partial charge in [-0.3, -0.25) is 4.79 Å². The van der Waals surface area contributed by atoms with Crippen LogP contribution in [0.2, 0.25) is 0 Å². The molecule has 0 bridgehead atoms. The summed E-state index contributed by atoms with van der Waals surface area (Å²) in [6, 6.07) is 10.1. The van der Waals surface area contributed by atoms with Gasteiger partial charge in [-0.1, -0.05) is 31.9 Å². The van der Waals surface area contributed by atoms with Gasteiger partial charge in [-0.15, -0.1) is 0 Å². The highest BCUT2D eigenvalue weighted by Crippen LogP contribution is 2.23. The van der Waals surface area contributed by atoms with Gasteiger partial charge >= 0.3 is 0 Å². The van der Waals surface area contributed by atoms with Gasteiger partial charge in [-0.05, 0) is 43.3 Å². The second-order valence-electron chi connectivity index (χ2n) is 4.48. The number of nitrogens with zero attached hydrogens (tertiary/aromatic N) is 1. The van der Waals surface area contributed by atoms with Crippen LogP contribution in [0.5, 0.6) is 11.5 Å². The molecule has 2 N–H and O–H groups in total. The van der Waals surface area contributed by atoms with E-state index in [4.69, 9.17) is 4.74 Å². The number of phenolic OH excluding ortho intramolecular Hbond substituents is 1. The Morgan fingerprint density at radius 1 is 1.26 bits per heavy atom. The minimum atomic E-state index is -0.402. The van der Waals surface area contributed by atoms with Gasteiger partial charge in [0.25, 0.3) is 5.91 Å². The third kappa shape index (κ3) is 4.80. The Balaban J connectivity index is 2.15. The molecule has 120 valence electrons. The van der Waals surface area contributed by atoms with E-state index in [-0.39, 0.29) is 5.75 Å². The van der Waals surface area contributed by atoms with Crippen molar-refractivity contribution in [1.29, 1.82) is 0 Å². The molecule has 0 atom stereocenters. The van der Waals surface area contributed by atoms with E-state index in [1.165, 1.54) is 12.3 Å². The van der Waals surface area contributed by atoms with E-state index in [0.29, 0.717) is 23.5 Å². The molecule has 0 aliphatic carbocycles. The second-order valence-corrected chi connectivity index (χ2v) is 6.31. The summed E-state index contributed by atoms with van der Waals surface area (Å²) in [6.45, 7) is 2.30. The molecule has 0 aromatic heterocycles. The molecule has 1 amide bonds. The number of hydrazone groups is 1. The number of hydrogen-bond donors (Lipinski definition) is 2. The predicted molar refractivity (Wildman–Crippen MR) is 96.2 cm³/mol. The number of aromatic hydroxyl groups is 1. The number of amides is 1. The Morgan fingerprint density at radius 3 is 2.70 bits per heavy atom. The van der Waals surface area contributed by atoms with Gasteiger partial charge in [0.2, 0.25) is 0 Å². The van der Waals surface area contributed by atoms with Gasteiger partial charge in [0, 0.05) is 14.5 Å². The quantitative estimate of drug-likeness (QED) is 0.542. The van der Waals surface area contributed by atoms with Crippen LogP contribution in [0.15, 0.2) is 50.4 Å². The number of carbonyl (C=O) groups excluding carboxylic acids is 1. The van der Waals surface area contributed by atoms with Crippen molar-refractivity contribution in [2.45, 2.75) is 6.92 Å². The molecule has 23 heavy (non-hydrogen) atoms. The zero-order valence-electron chi connectivity index (χ0n) is 12.2. The van der Waals surface area contributed by atoms with Gasteiger partial charge in [0.05, 0.1) is 18.4 Å². The first-order valence-corrected chi connectivity index (χ1v) is 8.34. The molecule has 2 rings (SSSR count). The van der Waals surface area contributed by atoms with E-state index in [0.717, 1.165) is 8.95 Å². The van der Waals surface area contributed by atoms with Crippen molar-refractivity contribution >= 4 is 44.0 Å². The SMILES string of the molecule is CCOc1ccc(Br)cc1C(=O)N/N=C/c1cc(Br)ccc1O. The van der Waals surface area contributed by atoms with E-state index in [1.54, 1.807) is 30.3 Å². The number of hydrogen-bond acceptors (Lipinski definition) is 4. The van der Waals surface area contributed by atoms with Crippen molar-refractivity contribution in [2.24, 2.45) is 5.10 Å². The molecule has 0 aliphatic rings. The van der Waals surface area contributed by atoms with Crippen LogP contribution < -0.4 is 10.2 Å². The van der Waals surface area contributed by atoms with E-state index in [9.17, 15) is 9.90 Å². The van der Waals surface area contributed by atoms with Crippen molar-refractivity contribution in [2.75, 3.05) is 6.61 Å². The van der Waals surface area contributed by atoms with Crippen LogP contribution in [-0.4, -0.2) is 23.8 Å². The average Bonchev–Trinajstić information content (AvgIpc) is 2.52. The minimum absolute atomic E-state index is 0.0728. The Hall–Kier alpha value is -1.86. The standard InChI is InChI=1S/C16H14Br2N2O3/c1-2-23-15-6-4-12(18)8-13(15)16(22)20-19-9-10-7-11(17)3-5-14(10)21/h3-9,21H,2H2,1H3,(H,20,22)/b19-9+. The van der Waals surface area contributed by atoms with Crippen molar-refractivity contribution < 1.29 is 14.6 Å². The average molecular weight is 442 g/mol. The first-order chi connectivity index (χ1) is 11.0. The van der Waals surface area contributed by atoms with Crippen LogP contribution in [0.1, 0.15) is 22.8 Å². The fraction of sp³-hybridized carbons (Fsp3) is 0.125. The molecule has 0 fully saturated rings. The smallest absolute Gasteiger partial charge is 0.275 e. The first-order valence-electron chi connectivity index (χ1n) is 6.75. The molecular formula is C16H14Br2N2O3. The van der Waals surface area contributed by atoms with Crippen molar-refractivity contribution in [3.05, 3.63) is 56.5 Å². The Morgan fingerprint density at radius 2 is 1.96 bits per heavy atom. The number of halogens is 2. The van der Waals surface area contributed by atoms with Crippen molar-refractivity contribution in [3.63, 3.8) is 0 Å². The minimum Gasteiger partial charge on any atom is -0.507 e. The summed E-state index contributed by atoms with van der Waals surface area (Å²) in [5.74, 6) is 0.151. The summed E-state index contributed by atoms with van der Waals surface area (Å²) in [5.41, 5.74) is 3.28.